The van der Waals surface area contributed by atoms with Gasteiger partial charge in [0.15, 0.2) is 0 Å². The van der Waals surface area contributed by atoms with Crippen LogP contribution < -0.4 is 0 Å². The van der Waals surface area contributed by atoms with Gasteiger partial charge in [0.25, 0.3) is 0 Å². The zero-order valence-corrected chi connectivity index (χ0v) is 5.45. The third-order valence-electron chi connectivity index (χ3n) is 1.28. The second-order valence-corrected chi connectivity index (χ2v) is 1.96. The number of nitroso groups, excluding NO2 is 1. The minimum atomic E-state index is 0.442. The minimum Gasteiger partial charge on any atom is -0.145 e. The maximum Gasteiger partial charge on any atom is 0.108 e. The van der Waals surface area contributed by atoms with Gasteiger partial charge in [-0.25, -0.2) is 0 Å². The van der Waals surface area contributed by atoms with Crippen molar-refractivity contribution < 1.29 is 0 Å². The van der Waals surface area contributed by atoms with E-state index in [2.05, 4.69) is 5.18 Å². The van der Waals surface area contributed by atoms with Gasteiger partial charge in [0.05, 0.1) is 7.85 Å². The Morgan fingerprint density at radius 1 is 1.30 bits per heavy atom. The Morgan fingerprint density at radius 2 is 1.90 bits per heavy atom. The van der Waals surface area contributed by atoms with Crippen molar-refractivity contribution in [3.63, 3.8) is 0 Å². The Balaban J connectivity index is 2.90. The zero-order valence-electron chi connectivity index (χ0n) is 5.45. The predicted octanol–water partition coefficient (Wildman–Crippen LogP) is 1.75. The molecule has 0 saturated heterocycles. The number of hydrogen-bond donors (Lipinski definition) is 0. The first kappa shape index (κ1) is 7.00. The standard InChI is InChI=1S/C7H6BNO/c8-5-6-1-3-7(9-10)4-2-6/h1-4H,5H2. The summed E-state index contributed by atoms with van der Waals surface area (Å²) in [6, 6.07) is 6.87. The molecule has 1 aromatic carbocycles. The molecule has 0 bridgehead atoms. The van der Waals surface area contributed by atoms with Crippen molar-refractivity contribution in [2.24, 2.45) is 5.18 Å². The van der Waals surface area contributed by atoms with E-state index in [1.165, 1.54) is 0 Å². The van der Waals surface area contributed by atoms with Crippen LogP contribution in [0.15, 0.2) is 29.4 Å². The number of benzene rings is 1. The first-order valence-corrected chi connectivity index (χ1v) is 2.99. The van der Waals surface area contributed by atoms with E-state index in [0.29, 0.717) is 12.0 Å². The van der Waals surface area contributed by atoms with Crippen LogP contribution in [0, 0.1) is 4.91 Å². The average molecular weight is 131 g/mol. The summed E-state index contributed by atoms with van der Waals surface area (Å²) >= 11 is 0. The average Bonchev–Trinajstić information content (AvgIpc) is 2.05. The maximum absolute atomic E-state index is 9.92. The van der Waals surface area contributed by atoms with Gasteiger partial charge in [0.1, 0.15) is 5.69 Å². The second-order valence-electron chi connectivity index (χ2n) is 1.96. The molecule has 0 fully saturated rings. The summed E-state index contributed by atoms with van der Waals surface area (Å²) in [4.78, 5) is 9.92. The van der Waals surface area contributed by atoms with Crippen molar-refractivity contribution in [3.05, 3.63) is 34.7 Å². The van der Waals surface area contributed by atoms with Crippen molar-refractivity contribution >= 4 is 13.5 Å². The van der Waals surface area contributed by atoms with E-state index in [1.807, 2.05) is 0 Å². The molecule has 0 aliphatic carbocycles. The third-order valence-corrected chi connectivity index (χ3v) is 1.28. The summed E-state index contributed by atoms with van der Waals surface area (Å²) in [6.45, 7) is 0. The molecule has 0 aliphatic heterocycles. The van der Waals surface area contributed by atoms with E-state index in [9.17, 15) is 4.91 Å². The molecule has 0 aromatic heterocycles. The van der Waals surface area contributed by atoms with Gasteiger partial charge in [0, 0.05) is 0 Å². The van der Waals surface area contributed by atoms with Gasteiger partial charge in [-0.2, -0.15) is 0 Å². The van der Waals surface area contributed by atoms with Gasteiger partial charge in [-0.3, -0.25) is 0 Å². The van der Waals surface area contributed by atoms with Crippen molar-refractivity contribution in [3.8, 4) is 0 Å². The highest BCUT2D eigenvalue weighted by atomic mass is 16.3. The van der Waals surface area contributed by atoms with E-state index in [1.54, 1.807) is 24.3 Å². The number of nitrogens with zero attached hydrogens (tertiary/aromatic N) is 1. The van der Waals surface area contributed by atoms with E-state index in [0.717, 1.165) is 5.56 Å². The predicted molar refractivity (Wildman–Crippen MR) is 41.4 cm³/mol. The molecule has 0 atom stereocenters. The Bertz CT molecular complexity index is 220. The molecule has 0 aliphatic rings. The lowest BCUT2D eigenvalue weighted by Crippen LogP contribution is -1.79. The van der Waals surface area contributed by atoms with Gasteiger partial charge < -0.3 is 0 Å². The fourth-order valence-corrected chi connectivity index (χ4v) is 0.693. The molecule has 3 heteroatoms. The van der Waals surface area contributed by atoms with E-state index in [4.69, 9.17) is 7.85 Å². The lowest BCUT2D eigenvalue weighted by atomic mass is 9.97. The fraction of sp³-hybridized carbons (Fsp3) is 0.143. The molecule has 0 N–H and O–H groups in total. The zero-order chi connectivity index (χ0) is 7.40. The highest BCUT2D eigenvalue weighted by Crippen LogP contribution is 2.11. The smallest absolute Gasteiger partial charge is 0.108 e. The van der Waals surface area contributed by atoms with Crippen LogP contribution in [0.4, 0.5) is 5.69 Å². The van der Waals surface area contributed by atoms with E-state index < -0.39 is 0 Å². The Morgan fingerprint density at radius 3 is 2.30 bits per heavy atom. The lowest BCUT2D eigenvalue weighted by Gasteiger charge is -1.93. The monoisotopic (exact) mass is 131 g/mol. The largest absolute Gasteiger partial charge is 0.145 e. The van der Waals surface area contributed by atoms with Crippen LogP contribution in [-0.4, -0.2) is 7.85 Å². The molecule has 2 nitrogen and oxygen atoms in total. The Hall–Kier alpha value is -1.12. The summed E-state index contributed by atoms with van der Waals surface area (Å²) in [5.74, 6) is 0. The van der Waals surface area contributed by atoms with Gasteiger partial charge in [-0.15, -0.1) is 4.91 Å². The molecule has 1 aromatic rings. The van der Waals surface area contributed by atoms with Crippen LogP contribution in [0.3, 0.4) is 0 Å². The molecular weight excluding hydrogens is 125 g/mol. The van der Waals surface area contributed by atoms with Gasteiger partial charge >= 0.3 is 0 Å². The van der Waals surface area contributed by atoms with Crippen molar-refractivity contribution in [2.45, 2.75) is 6.32 Å². The molecular formula is C7H6BNO. The lowest BCUT2D eigenvalue weighted by molar-refractivity contribution is 1.38. The highest BCUT2D eigenvalue weighted by molar-refractivity contribution is 6.08. The summed E-state index contributed by atoms with van der Waals surface area (Å²) < 4.78 is 0. The Kier molecular flexibility index (Phi) is 2.21. The van der Waals surface area contributed by atoms with Crippen LogP contribution in [0.5, 0.6) is 0 Å². The normalized spacial score (nSPS) is 9.20. The second kappa shape index (κ2) is 3.15. The van der Waals surface area contributed by atoms with Gasteiger partial charge in [-0.1, -0.05) is 24.0 Å². The SMILES string of the molecule is [B]Cc1ccc(N=O)cc1. The molecule has 2 radical (unpaired) electrons. The summed E-state index contributed by atoms with van der Waals surface area (Å²) in [5, 5.41) is 2.76. The van der Waals surface area contributed by atoms with Gasteiger partial charge in [-0.05, 0) is 17.3 Å². The third kappa shape index (κ3) is 1.44. The summed E-state index contributed by atoms with van der Waals surface area (Å²) in [6.07, 6.45) is 0.499. The van der Waals surface area contributed by atoms with Gasteiger partial charge in [0.2, 0.25) is 0 Å². The number of rotatable bonds is 2. The molecule has 10 heavy (non-hydrogen) atoms. The van der Waals surface area contributed by atoms with Crippen molar-refractivity contribution in [1.29, 1.82) is 0 Å². The molecule has 48 valence electrons. The van der Waals surface area contributed by atoms with Crippen LogP contribution in [0.1, 0.15) is 5.56 Å². The quantitative estimate of drug-likeness (QED) is 0.444. The summed E-state index contributed by atoms with van der Waals surface area (Å²) in [5.41, 5.74) is 1.45. The first-order chi connectivity index (χ1) is 4.86. The molecule has 0 spiro atoms. The van der Waals surface area contributed by atoms with Crippen molar-refractivity contribution in [1.82, 2.24) is 0 Å². The molecule has 0 unspecified atom stereocenters. The van der Waals surface area contributed by atoms with Crippen molar-refractivity contribution in [2.75, 3.05) is 0 Å². The molecule has 0 amide bonds. The van der Waals surface area contributed by atoms with Crippen LogP contribution in [0.25, 0.3) is 0 Å². The first-order valence-electron chi connectivity index (χ1n) is 2.99. The molecule has 0 heterocycles. The van der Waals surface area contributed by atoms with E-state index >= 15 is 0 Å². The van der Waals surface area contributed by atoms with E-state index in [-0.39, 0.29) is 0 Å². The topological polar surface area (TPSA) is 29.4 Å². The summed E-state index contributed by atoms with van der Waals surface area (Å²) in [7, 11) is 5.33. The molecule has 1 rings (SSSR count). The maximum atomic E-state index is 9.92. The fourth-order valence-electron chi connectivity index (χ4n) is 0.693. The van der Waals surface area contributed by atoms with Crippen LogP contribution in [-0.2, 0) is 6.32 Å². The number of hydrogen-bond acceptors (Lipinski definition) is 2. The van der Waals surface area contributed by atoms with Crippen LogP contribution >= 0.6 is 0 Å². The molecule has 0 saturated carbocycles. The highest BCUT2D eigenvalue weighted by Gasteiger charge is 1.89. The van der Waals surface area contributed by atoms with Crippen LogP contribution in [0.2, 0.25) is 0 Å². The minimum absolute atomic E-state index is 0.442. The Labute approximate surface area is 60.6 Å².